The number of anilines is 1. The molecule has 2 aromatic rings. The van der Waals surface area contributed by atoms with Crippen molar-refractivity contribution in [2.45, 2.75) is 6.92 Å². The molecule has 2 rings (SSSR count). The topological polar surface area (TPSA) is 71.3 Å². The molecule has 6 heteroatoms. The lowest BCUT2D eigenvalue weighted by atomic mass is 10.1. The average molecular weight is 340 g/mol. The van der Waals surface area contributed by atoms with E-state index < -0.39 is 11.7 Å². The van der Waals surface area contributed by atoms with Gasteiger partial charge in [-0.2, -0.15) is 5.26 Å². The molecule has 0 aliphatic rings. The number of ether oxygens (including phenoxy) is 2. The van der Waals surface area contributed by atoms with Gasteiger partial charge in [-0.05, 0) is 42.8 Å². The Morgan fingerprint density at radius 2 is 2.04 bits per heavy atom. The third kappa shape index (κ3) is 4.58. The molecule has 0 aromatic heterocycles. The van der Waals surface area contributed by atoms with E-state index in [4.69, 9.17) is 9.47 Å². The molecule has 0 atom stereocenters. The van der Waals surface area contributed by atoms with Crippen LogP contribution >= 0.6 is 0 Å². The Kier molecular flexibility index (Phi) is 6.13. The van der Waals surface area contributed by atoms with Crippen molar-refractivity contribution in [2.24, 2.45) is 0 Å². The van der Waals surface area contributed by atoms with Crippen molar-refractivity contribution in [3.05, 3.63) is 59.4 Å². The third-order valence-electron chi connectivity index (χ3n) is 3.29. The van der Waals surface area contributed by atoms with Crippen molar-refractivity contribution in [1.82, 2.24) is 0 Å². The highest BCUT2D eigenvalue weighted by molar-refractivity contribution is 6.10. The number of amides is 1. The van der Waals surface area contributed by atoms with Crippen LogP contribution in [0.1, 0.15) is 12.5 Å². The quantitative estimate of drug-likeness (QED) is 0.642. The maximum Gasteiger partial charge on any atom is 0.266 e. The van der Waals surface area contributed by atoms with Crippen molar-refractivity contribution in [2.75, 3.05) is 19.0 Å². The monoisotopic (exact) mass is 340 g/mol. The zero-order valence-corrected chi connectivity index (χ0v) is 13.9. The van der Waals surface area contributed by atoms with Crippen molar-refractivity contribution >= 4 is 17.7 Å². The molecule has 0 saturated carbocycles. The van der Waals surface area contributed by atoms with Gasteiger partial charge in [-0.3, -0.25) is 4.79 Å². The molecule has 0 heterocycles. The predicted octanol–water partition coefficient (Wildman–Crippen LogP) is 3.78. The van der Waals surface area contributed by atoms with Gasteiger partial charge >= 0.3 is 0 Å². The van der Waals surface area contributed by atoms with Gasteiger partial charge in [0.25, 0.3) is 5.91 Å². The molecule has 0 unspecified atom stereocenters. The number of nitriles is 1. The largest absolute Gasteiger partial charge is 0.494 e. The molecule has 0 aliphatic carbocycles. The number of carbonyl (C=O) groups excluding carboxylic acids is 1. The number of benzene rings is 2. The van der Waals surface area contributed by atoms with Crippen LogP contribution in [0.5, 0.6) is 11.5 Å². The van der Waals surface area contributed by atoms with Crippen molar-refractivity contribution in [3.8, 4) is 17.6 Å². The van der Waals surface area contributed by atoms with E-state index in [0.29, 0.717) is 23.6 Å². The fourth-order valence-electron chi connectivity index (χ4n) is 2.13. The second kappa shape index (κ2) is 8.50. The van der Waals surface area contributed by atoms with E-state index in [-0.39, 0.29) is 11.3 Å². The molecule has 1 amide bonds. The number of carbonyl (C=O) groups is 1. The van der Waals surface area contributed by atoms with Gasteiger partial charge in [-0.25, -0.2) is 4.39 Å². The van der Waals surface area contributed by atoms with Gasteiger partial charge in [0, 0.05) is 0 Å². The second-order valence-electron chi connectivity index (χ2n) is 4.95. The van der Waals surface area contributed by atoms with Crippen molar-refractivity contribution in [3.63, 3.8) is 0 Å². The van der Waals surface area contributed by atoms with Crippen molar-refractivity contribution < 1.29 is 18.7 Å². The molecule has 0 bridgehead atoms. The first-order valence-corrected chi connectivity index (χ1v) is 7.57. The summed E-state index contributed by atoms with van der Waals surface area (Å²) in [6.07, 6.45) is 1.31. The predicted molar refractivity (Wildman–Crippen MR) is 92.8 cm³/mol. The van der Waals surface area contributed by atoms with E-state index in [0.717, 1.165) is 0 Å². The van der Waals surface area contributed by atoms with Crippen LogP contribution in [0.2, 0.25) is 0 Å². The molecule has 5 nitrogen and oxygen atoms in total. The van der Waals surface area contributed by atoms with Crippen LogP contribution in [0.3, 0.4) is 0 Å². The molecule has 0 fully saturated rings. The van der Waals surface area contributed by atoms with Gasteiger partial charge in [0.1, 0.15) is 17.4 Å². The summed E-state index contributed by atoms with van der Waals surface area (Å²) in [5.74, 6) is -0.585. The highest BCUT2D eigenvalue weighted by Gasteiger charge is 2.13. The minimum atomic E-state index is -0.606. The van der Waals surface area contributed by atoms with Gasteiger partial charge < -0.3 is 14.8 Å². The minimum Gasteiger partial charge on any atom is -0.494 e. The summed E-state index contributed by atoms with van der Waals surface area (Å²) in [7, 11) is 1.36. The minimum absolute atomic E-state index is 0.0887. The summed E-state index contributed by atoms with van der Waals surface area (Å²) < 4.78 is 24.0. The van der Waals surface area contributed by atoms with Crippen LogP contribution in [-0.4, -0.2) is 19.6 Å². The maximum atomic E-state index is 13.7. The van der Waals surface area contributed by atoms with Gasteiger partial charge in [0.2, 0.25) is 0 Å². The van der Waals surface area contributed by atoms with Crippen LogP contribution in [0, 0.1) is 17.1 Å². The Hall–Kier alpha value is -3.33. The van der Waals surface area contributed by atoms with Crippen LogP contribution in [-0.2, 0) is 4.79 Å². The van der Waals surface area contributed by atoms with Gasteiger partial charge in [0.05, 0.1) is 19.4 Å². The highest BCUT2D eigenvalue weighted by atomic mass is 19.1. The summed E-state index contributed by atoms with van der Waals surface area (Å²) >= 11 is 0. The van der Waals surface area contributed by atoms with Crippen LogP contribution in [0.25, 0.3) is 6.08 Å². The summed E-state index contributed by atoms with van der Waals surface area (Å²) in [4.78, 5) is 12.3. The van der Waals surface area contributed by atoms with Crippen LogP contribution < -0.4 is 14.8 Å². The number of nitrogens with zero attached hydrogens (tertiary/aromatic N) is 1. The summed E-state index contributed by atoms with van der Waals surface area (Å²) in [5, 5.41) is 11.9. The average Bonchev–Trinajstić information content (AvgIpc) is 2.61. The number of methoxy groups -OCH3 is 1. The Morgan fingerprint density at radius 3 is 2.68 bits per heavy atom. The molecule has 1 N–H and O–H groups in total. The molecule has 25 heavy (non-hydrogen) atoms. The molecule has 0 saturated heterocycles. The molecule has 128 valence electrons. The lowest BCUT2D eigenvalue weighted by molar-refractivity contribution is -0.112. The smallest absolute Gasteiger partial charge is 0.266 e. The van der Waals surface area contributed by atoms with Gasteiger partial charge in [-0.1, -0.05) is 18.2 Å². The summed E-state index contributed by atoms with van der Waals surface area (Å²) in [6.45, 7) is 2.27. The standard InChI is InChI=1S/C19H17FN2O3/c1-3-25-18-7-5-4-6-16(18)22-19(23)14(12-21)10-13-8-9-17(24-2)15(20)11-13/h4-11H,3H2,1-2H3,(H,22,23). The Bertz CT molecular complexity index is 841. The first-order valence-electron chi connectivity index (χ1n) is 7.57. The number of rotatable bonds is 6. The van der Waals surface area contributed by atoms with Gasteiger partial charge in [-0.15, -0.1) is 0 Å². The van der Waals surface area contributed by atoms with E-state index in [9.17, 15) is 14.4 Å². The first kappa shape index (κ1) is 18.0. The zero-order valence-electron chi connectivity index (χ0n) is 13.9. The van der Waals surface area contributed by atoms with E-state index in [1.54, 1.807) is 30.3 Å². The second-order valence-corrected chi connectivity index (χ2v) is 4.95. The lowest BCUT2D eigenvalue weighted by Crippen LogP contribution is -2.14. The number of nitrogens with one attached hydrogen (secondary N) is 1. The Morgan fingerprint density at radius 1 is 1.28 bits per heavy atom. The summed E-state index contributed by atoms with van der Waals surface area (Å²) in [6, 6.07) is 12.9. The Balaban J connectivity index is 2.24. The molecule has 2 aromatic carbocycles. The van der Waals surface area contributed by atoms with Crippen molar-refractivity contribution in [1.29, 1.82) is 5.26 Å². The van der Waals surface area contributed by atoms with Crippen LogP contribution in [0.15, 0.2) is 48.0 Å². The fraction of sp³-hybridized carbons (Fsp3) is 0.158. The summed E-state index contributed by atoms with van der Waals surface area (Å²) in [5.41, 5.74) is 0.676. The zero-order chi connectivity index (χ0) is 18.2. The maximum absolute atomic E-state index is 13.7. The number of hydrogen-bond donors (Lipinski definition) is 1. The SMILES string of the molecule is CCOc1ccccc1NC(=O)C(C#N)=Cc1ccc(OC)c(F)c1. The number of para-hydroxylation sites is 2. The number of halogens is 1. The van der Waals surface area contributed by atoms with E-state index in [2.05, 4.69) is 5.32 Å². The molecular weight excluding hydrogens is 323 g/mol. The highest BCUT2D eigenvalue weighted by Crippen LogP contribution is 2.24. The van der Waals surface area contributed by atoms with Crippen LogP contribution in [0.4, 0.5) is 10.1 Å². The lowest BCUT2D eigenvalue weighted by Gasteiger charge is -2.10. The Labute approximate surface area is 145 Å². The van der Waals surface area contributed by atoms with Gasteiger partial charge in [0.15, 0.2) is 11.6 Å². The third-order valence-corrected chi connectivity index (χ3v) is 3.29. The first-order chi connectivity index (χ1) is 12.1. The van der Waals surface area contributed by atoms with E-state index in [1.807, 2.05) is 13.0 Å². The molecular formula is C19H17FN2O3. The molecule has 0 radical (unpaired) electrons. The fourth-order valence-corrected chi connectivity index (χ4v) is 2.13. The number of hydrogen-bond acceptors (Lipinski definition) is 4. The van der Waals surface area contributed by atoms with E-state index in [1.165, 1.54) is 25.3 Å². The normalized spacial score (nSPS) is 10.7. The molecule has 0 spiro atoms. The molecule has 0 aliphatic heterocycles. The van der Waals surface area contributed by atoms with E-state index >= 15 is 0 Å².